The third kappa shape index (κ3) is 4.24. The maximum absolute atomic E-state index is 13.0. The molecule has 1 amide bonds. The van der Waals surface area contributed by atoms with Gasteiger partial charge in [0.2, 0.25) is 23.9 Å². The van der Waals surface area contributed by atoms with E-state index < -0.39 is 28.6 Å². The SMILES string of the molecule is NC(=O)CC(c1oc(CN2CCCCC2)cc(=O)c1O)c1cc2cc3c(cc2[nH]c1=O)OCO3. The molecule has 178 valence electrons. The number of nitrogens with one attached hydrogen (secondary N) is 1. The van der Waals surface area contributed by atoms with Crippen molar-refractivity contribution in [1.82, 2.24) is 9.88 Å². The Morgan fingerprint density at radius 3 is 2.56 bits per heavy atom. The molecule has 10 heteroatoms. The molecule has 1 atom stereocenters. The van der Waals surface area contributed by atoms with E-state index in [9.17, 15) is 19.5 Å². The van der Waals surface area contributed by atoms with Crippen molar-refractivity contribution in [1.29, 1.82) is 0 Å². The molecule has 0 aliphatic carbocycles. The number of pyridine rings is 1. The van der Waals surface area contributed by atoms with Gasteiger partial charge in [0, 0.05) is 29.5 Å². The van der Waals surface area contributed by atoms with Crippen LogP contribution in [0.4, 0.5) is 0 Å². The zero-order valence-corrected chi connectivity index (χ0v) is 18.5. The number of carbonyl (C=O) groups is 1. The van der Waals surface area contributed by atoms with Crippen molar-refractivity contribution >= 4 is 16.8 Å². The van der Waals surface area contributed by atoms with E-state index >= 15 is 0 Å². The van der Waals surface area contributed by atoms with E-state index in [4.69, 9.17) is 19.6 Å². The number of ether oxygens (including phenoxy) is 2. The first-order valence-electron chi connectivity index (χ1n) is 11.2. The number of primary amides is 1. The second kappa shape index (κ2) is 8.86. The van der Waals surface area contributed by atoms with E-state index in [2.05, 4.69) is 9.88 Å². The van der Waals surface area contributed by atoms with Crippen LogP contribution in [-0.2, 0) is 11.3 Å². The lowest BCUT2D eigenvalue weighted by Crippen LogP contribution is -2.29. The maximum Gasteiger partial charge on any atom is 0.252 e. The van der Waals surface area contributed by atoms with E-state index in [1.807, 2.05) is 0 Å². The van der Waals surface area contributed by atoms with Gasteiger partial charge >= 0.3 is 0 Å². The van der Waals surface area contributed by atoms with Crippen LogP contribution in [0, 0.1) is 0 Å². The molecule has 10 nitrogen and oxygen atoms in total. The van der Waals surface area contributed by atoms with Crippen molar-refractivity contribution in [2.45, 2.75) is 38.1 Å². The van der Waals surface area contributed by atoms with Gasteiger partial charge in [-0.15, -0.1) is 0 Å². The summed E-state index contributed by atoms with van der Waals surface area (Å²) >= 11 is 0. The Kier molecular flexibility index (Phi) is 5.74. The summed E-state index contributed by atoms with van der Waals surface area (Å²) in [5.74, 6) is -1.16. The summed E-state index contributed by atoms with van der Waals surface area (Å²) < 4.78 is 16.7. The van der Waals surface area contributed by atoms with Crippen LogP contribution < -0.4 is 26.2 Å². The number of carbonyl (C=O) groups excluding carboxylic acids is 1. The average molecular weight is 467 g/mol. The van der Waals surface area contributed by atoms with Gasteiger partial charge in [-0.3, -0.25) is 19.3 Å². The number of aromatic hydroxyl groups is 1. The van der Waals surface area contributed by atoms with Crippen molar-refractivity contribution < 1.29 is 23.8 Å². The highest BCUT2D eigenvalue weighted by atomic mass is 16.7. The Morgan fingerprint density at radius 1 is 1.09 bits per heavy atom. The van der Waals surface area contributed by atoms with Crippen molar-refractivity contribution in [3.05, 3.63) is 61.9 Å². The van der Waals surface area contributed by atoms with Gasteiger partial charge in [0.15, 0.2) is 17.3 Å². The van der Waals surface area contributed by atoms with E-state index in [0.717, 1.165) is 32.4 Å². The predicted octanol–water partition coefficient (Wildman–Crippen LogP) is 1.91. The second-order valence-electron chi connectivity index (χ2n) is 8.70. The zero-order chi connectivity index (χ0) is 23.8. The molecule has 4 heterocycles. The molecule has 1 saturated heterocycles. The Bertz CT molecular complexity index is 1370. The Morgan fingerprint density at radius 2 is 1.82 bits per heavy atom. The third-order valence-electron chi connectivity index (χ3n) is 6.29. The average Bonchev–Trinajstić information content (AvgIpc) is 3.26. The number of nitrogens with zero attached hydrogens (tertiary/aromatic N) is 1. The lowest BCUT2D eigenvalue weighted by molar-refractivity contribution is -0.118. The minimum Gasteiger partial charge on any atom is -0.502 e. The molecule has 5 rings (SSSR count). The van der Waals surface area contributed by atoms with Crippen LogP contribution in [0.15, 0.2) is 38.3 Å². The fourth-order valence-electron chi connectivity index (χ4n) is 4.62. The van der Waals surface area contributed by atoms with Gasteiger partial charge < -0.3 is 29.7 Å². The van der Waals surface area contributed by atoms with E-state index in [1.165, 1.54) is 6.07 Å². The van der Waals surface area contributed by atoms with Crippen molar-refractivity contribution in [2.75, 3.05) is 19.9 Å². The lowest BCUT2D eigenvalue weighted by Gasteiger charge is -2.26. The first kappa shape index (κ1) is 22.0. The minimum absolute atomic E-state index is 0.0793. The van der Waals surface area contributed by atoms with E-state index in [1.54, 1.807) is 18.2 Å². The number of fused-ring (bicyclic) bond motifs is 2. The number of benzene rings is 1. The van der Waals surface area contributed by atoms with Crippen LogP contribution in [-0.4, -0.2) is 40.8 Å². The summed E-state index contributed by atoms with van der Waals surface area (Å²) in [6.07, 6.45) is 2.95. The van der Waals surface area contributed by atoms with E-state index in [0.29, 0.717) is 34.7 Å². The van der Waals surface area contributed by atoms with Gasteiger partial charge in [-0.2, -0.15) is 0 Å². The first-order chi connectivity index (χ1) is 16.4. The zero-order valence-electron chi connectivity index (χ0n) is 18.5. The van der Waals surface area contributed by atoms with Gasteiger partial charge in [-0.25, -0.2) is 0 Å². The largest absolute Gasteiger partial charge is 0.502 e. The second-order valence-corrected chi connectivity index (χ2v) is 8.70. The van der Waals surface area contributed by atoms with Crippen molar-refractivity contribution in [3.63, 3.8) is 0 Å². The summed E-state index contributed by atoms with van der Waals surface area (Å²) in [6, 6.07) is 6.20. The maximum atomic E-state index is 13.0. The van der Waals surface area contributed by atoms with Gasteiger partial charge in [-0.05, 0) is 38.1 Å². The Balaban J connectivity index is 1.60. The number of rotatable bonds is 6. The minimum atomic E-state index is -1.05. The quantitative estimate of drug-likeness (QED) is 0.498. The standard InChI is InChI=1S/C24H25N3O7/c25-21(29)9-15(16-6-13-7-19-20(33-12-32-19)10-17(13)26-24(16)31)23-22(30)18(28)8-14(34-23)11-27-4-2-1-3-5-27/h6-8,10,15,30H,1-5,9,11-12H2,(H2,25,29)(H,26,31). The molecule has 1 unspecified atom stereocenters. The number of aromatic amines is 1. The number of aromatic nitrogens is 1. The summed E-state index contributed by atoms with van der Waals surface area (Å²) in [5, 5.41) is 11.2. The molecular weight excluding hydrogens is 442 g/mol. The Hall–Kier alpha value is -3.79. The summed E-state index contributed by atoms with van der Waals surface area (Å²) in [4.78, 5) is 42.5. The van der Waals surface area contributed by atoms with Gasteiger partial charge in [-0.1, -0.05) is 6.42 Å². The number of hydrogen-bond acceptors (Lipinski definition) is 8. The molecule has 0 spiro atoms. The summed E-state index contributed by atoms with van der Waals surface area (Å²) in [6.45, 7) is 2.23. The van der Waals surface area contributed by atoms with Crippen LogP contribution >= 0.6 is 0 Å². The number of hydrogen-bond donors (Lipinski definition) is 3. The smallest absolute Gasteiger partial charge is 0.252 e. The number of nitrogens with two attached hydrogens (primary N) is 1. The normalized spacial score (nSPS) is 16.6. The first-order valence-corrected chi connectivity index (χ1v) is 11.2. The molecule has 1 fully saturated rings. The number of piperidine rings is 1. The molecular formula is C24H25N3O7. The van der Waals surface area contributed by atoms with Crippen LogP contribution in [0.5, 0.6) is 17.2 Å². The third-order valence-corrected chi connectivity index (χ3v) is 6.29. The van der Waals surface area contributed by atoms with Gasteiger partial charge in [0.25, 0.3) is 5.56 Å². The number of amides is 1. The lowest BCUT2D eigenvalue weighted by atomic mass is 9.92. The predicted molar refractivity (Wildman–Crippen MR) is 122 cm³/mol. The Labute approximate surface area is 193 Å². The molecule has 1 aromatic carbocycles. The monoisotopic (exact) mass is 467 g/mol. The molecule has 2 aliphatic heterocycles. The molecule has 0 bridgehead atoms. The molecule has 2 aromatic heterocycles. The topological polar surface area (TPSA) is 148 Å². The summed E-state index contributed by atoms with van der Waals surface area (Å²) in [5.41, 5.74) is 5.00. The number of likely N-dealkylation sites (tertiary alicyclic amines) is 1. The van der Waals surface area contributed by atoms with Crippen LogP contribution in [0.1, 0.15) is 48.7 Å². The molecule has 4 N–H and O–H groups in total. The van der Waals surface area contributed by atoms with Crippen LogP contribution in [0.3, 0.4) is 0 Å². The highest BCUT2D eigenvalue weighted by Gasteiger charge is 2.29. The fourth-order valence-corrected chi connectivity index (χ4v) is 4.62. The van der Waals surface area contributed by atoms with Crippen molar-refractivity contribution in [3.8, 4) is 17.2 Å². The van der Waals surface area contributed by atoms with Crippen molar-refractivity contribution in [2.24, 2.45) is 5.73 Å². The molecule has 0 radical (unpaired) electrons. The fraction of sp³-hybridized carbons (Fsp3) is 0.375. The highest BCUT2D eigenvalue weighted by Crippen LogP contribution is 2.37. The van der Waals surface area contributed by atoms with Crippen LogP contribution in [0.25, 0.3) is 10.9 Å². The molecule has 3 aromatic rings. The van der Waals surface area contributed by atoms with Crippen LogP contribution in [0.2, 0.25) is 0 Å². The molecule has 34 heavy (non-hydrogen) atoms. The van der Waals surface area contributed by atoms with Gasteiger partial charge in [0.1, 0.15) is 5.76 Å². The molecule has 2 aliphatic rings. The summed E-state index contributed by atoms with van der Waals surface area (Å²) in [7, 11) is 0. The number of H-pyrrole nitrogens is 1. The van der Waals surface area contributed by atoms with Gasteiger partial charge in [0.05, 0.1) is 18.0 Å². The molecule has 0 saturated carbocycles. The highest BCUT2D eigenvalue weighted by molar-refractivity contribution is 5.84. The van der Waals surface area contributed by atoms with E-state index in [-0.39, 0.29) is 24.5 Å².